The van der Waals surface area contributed by atoms with E-state index in [1.807, 2.05) is 0 Å². The van der Waals surface area contributed by atoms with E-state index in [9.17, 15) is 4.79 Å². The molecule has 0 unspecified atom stereocenters. The molecule has 0 spiro atoms. The van der Waals surface area contributed by atoms with Gasteiger partial charge in [-0.3, -0.25) is 4.79 Å². The van der Waals surface area contributed by atoms with E-state index in [1.54, 1.807) is 13.8 Å². The lowest BCUT2D eigenvalue weighted by atomic mass is 10.5. The second-order valence-electron chi connectivity index (χ2n) is 1.99. The fourth-order valence-electron chi connectivity index (χ4n) is 0.782. The van der Waals surface area contributed by atoms with E-state index >= 15 is 0 Å². The van der Waals surface area contributed by atoms with Gasteiger partial charge in [0.1, 0.15) is 0 Å². The number of ether oxygens (including phenoxy) is 3. The molecule has 0 atom stereocenters. The molecule has 0 aromatic rings. The van der Waals surface area contributed by atoms with Crippen molar-refractivity contribution in [3.05, 3.63) is 0 Å². The van der Waals surface area contributed by atoms with Crippen LogP contribution in [0.25, 0.3) is 0 Å². The summed E-state index contributed by atoms with van der Waals surface area (Å²) in [7, 11) is 1.30. The number of carbonyl (C=O) groups is 1. The maximum atomic E-state index is 10.9. The molecule has 0 bridgehead atoms. The zero-order chi connectivity index (χ0) is 9.61. The molecule has 0 fully saturated rings. The van der Waals surface area contributed by atoms with Crippen molar-refractivity contribution in [2.24, 2.45) is 5.73 Å². The van der Waals surface area contributed by atoms with Crippen LogP contribution in [0.3, 0.4) is 0 Å². The number of hydrogen-bond acceptors (Lipinski definition) is 4. The molecule has 0 rings (SSSR count). The first-order valence-corrected chi connectivity index (χ1v) is 3.75. The minimum Gasteiger partial charge on any atom is -0.363 e. The van der Waals surface area contributed by atoms with Crippen molar-refractivity contribution in [2.75, 3.05) is 20.3 Å². The predicted molar refractivity (Wildman–Crippen MR) is 42.2 cm³/mol. The van der Waals surface area contributed by atoms with Crippen LogP contribution in [-0.4, -0.2) is 32.2 Å². The fourth-order valence-corrected chi connectivity index (χ4v) is 0.782. The Morgan fingerprint density at radius 1 is 1.33 bits per heavy atom. The van der Waals surface area contributed by atoms with E-state index in [0.717, 1.165) is 0 Å². The van der Waals surface area contributed by atoms with Gasteiger partial charge in [-0.05, 0) is 13.8 Å². The van der Waals surface area contributed by atoms with Gasteiger partial charge in [-0.1, -0.05) is 0 Å². The number of amides is 1. The van der Waals surface area contributed by atoms with Gasteiger partial charge < -0.3 is 19.9 Å². The number of methoxy groups -OCH3 is 1. The first-order chi connectivity index (χ1) is 5.63. The summed E-state index contributed by atoms with van der Waals surface area (Å²) in [5.41, 5.74) is 5.04. The van der Waals surface area contributed by atoms with Crippen LogP contribution in [-0.2, 0) is 19.0 Å². The summed E-state index contributed by atoms with van der Waals surface area (Å²) in [5.74, 6) is -2.50. The van der Waals surface area contributed by atoms with Gasteiger partial charge >= 0.3 is 11.9 Å². The molecule has 0 aromatic heterocycles. The van der Waals surface area contributed by atoms with Gasteiger partial charge in [-0.15, -0.1) is 0 Å². The molecule has 5 heteroatoms. The summed E-state index contributed by atoms with van der Waals surface area (Å²) in [4.78, 5) is 10.9. The predicted octanol–water partition coefficient (Wildman–Crippen LogP) is -0.155. The van der Waals surface area contributed by atoms with Gasteiger partial charge in [0.15, 0.2) is 0 Å². The Morgan fingerprint density at radius 3 is 1.92 bits per heavy atom. The van der Waals surface area contributed by atoms with Crippen molar-refractivity contribution in [1.29, 1.82) is 0 Å². The molecule has 72 valence electrons. The number of rotatable bonds is 6. The minimum atomic E-state index is -1.72. The minimum absolute atomic E-state index is 0.288. The number of carbonyl (C=O) groups excluding carboxylic acids is 1. The monoisotopic (exact) mass is 177 g/mol. The molecule has 0 heterocycles. The lowest BCUT2D eigenvalue weighted by molar-refractivity contribution is -0.341. The van der Waals surface area contributed by atoms with Gasteiger partial charge in [0.2, 0.25) is 0 Å². The SMILES string of the molecule is CCOC(OC)(OCC)C(N)=O. The second-order valence-corrected chi connectivity index (χ2v) is 1.99. The summed E-state index contributed by atoms with van der Waals surface area (Å²) in [6.45, 7) is 4.01. The summed E-state index contributed by atoms with van der Waals surface area (Å²) in [5, 5.41) is 0. The second kappa shape index (κ2) is 5.08. The van der Waals surface area contributed by atoms with E-state index in [1.165, 1.54) is 7.11 Å². The highest BCUT2D eigenvalue weighted by atomic mass is 16.9. The third kappa shape index (κ3) is 2.44. The summed E-state index contributed by atoms with van der Waals surface area (Å²) in [6, 6.07) is 0. The Labute approximate surface area is 71.8 Å². The van der Waals surface area contributed by atoms with Crippen molar-refractivity contribution in [3.63, 3.8) is 0 Å². The van der Waals surface area contributed by atoms with Crippen LogP contribution < -0.4 is 5.73 Å². The molecule has 0 saturated carbocycles. The maximum Gasteiger partial charge on any atom is 0.367 e. The molecule has 0 saturated heterocycles. The van der Waals surface area contributed by atoms with Gasteiger partial charge in [-0.2, -0.15) is 0 Å². The van der Waals surface area contributed by atoms with E-state index in [4.69, 9.17) is 19.9 Å². The zero-order valence-electron chi connectivity index (χ0n) is 7.62. The number of primary amides is 1. The number of hydrogen-bond donors (Lipinski definition) is 1. The van der Waals surface area contributed by atoms with E-state index in [0.29, 0.717) is 0 Å². The quantitative estimate of drug-likeness (QED) is 0.572. The highest BCUT2D eigenvalue weighted by Gasteiger charge is 2.39. The maximum absolute atomic E-state index is 10.9. The summed E-state index contributed by atoms with van der Waals surface area (Å²) < 4.78 is 14.7. The Morgan fingerprint density at radius 2 is 1.75 bits per heavy atom. The average molecular weight is 177 g/mol. The molecule has 1 amide bonds. The van der Waals surface area contributed by atoms with Crippen LogP contribution in [0.15, 0.2) is 0 Å². The molecule has 0 aliphatic rings. The van der Waals surface area contributed by atoms with Crippen molar-refractivity contribution in [2.45, 2.75) is 19.8 Å². The summed E-state index contributed by atoms with van der Waals surface area (Å²) in [6.07, 6.45) is 0. The molecule has 2 N–H and O–H groups in total. The molecular weight excluding hydrogens is 162 g/mol. The van der Waals surface area contributed by atoms with Gasteiger partial charge in [0.05, 0.1) is 13.2 Å². The third-order valence-electron chi connectivity index (χ3n) is 1.24. The van der Waals surface area contributed by atoms with Gasteiger partial charge in [0.25, 0.3) is 0 Å². The van der Waals surface area contributed by atoms with Crippen molar-refractivity contribution in [1.82, 2.24) is 0 Å². The average Bonchev–Trinajstić information content (AvgIpc) is 2.03. The van der Waals surface area contributed by atoms with E-state index in [2.05, 4.69) is 0 Å². The van der Waals surface area contributed by atoms with Crippen LogP contribution in [0.4, 0.5) is 0 Å². The number of nitrogens with two attached hydrogens (primary N) is 1. The topological polar surface area (TPSA) is 70.8 Å². The Bertz CT molecular complexity index is 142. The largest absolute Gasteiger partial charge is 0.367 e. The van der Waals surface area contributed by atoms with Crippen LogP contribution in [0, 0.1) is 0 Å². The molecule has 0 aromatic carbocycles. The molecule has 0 aliphatic heterocycles. The highest BCUT2D eigenvalue weighted by Crippen LogP contribution is 2.13. The third-order valence-corrected chi connectivity index (χ3v) is 1.24. The molecule has 0 radical (unpaired) electrons. The van der Waals surface area contributed by atoms with Crippen LogP contribution >= 0.6 is 0 Å². The Balaban J connectivity index is 4.39. The molecule has 5 nitrogen and oxygen atoms in total. The lowest BCUT2D eigenvalue weighted by Crippen LogP contribution is -2.50. The first kappa shape index (κ1) is 11.4. The van der Waals surface area contributed by atoms with E-state index < -0.39 is 11.9 Å². The van der Waals surface area contributed by atoms with Gasteiger partial charge in [0, 0.05) is 7.11 Å². The molecule has 0 aliphatic carbocycles. The smallest absolute Gasteiger partial charge is 0.363 e. The van der Waals surface area contributed by atoms with Gasteiger partial charge in [-0.25, -0.2) is 0 Å². The molecule has 12 heavy (non-hydrogen) atoms. The van der Waals surface area contributed by atoms with Crippen molar-refractivity contribution in [3.8, 4) is 0 Å². The molecular formula is C7H15NO4. The van der Waals surface area contributed by atoms with Crippen LogP contribution in [0.1, 0.15) is 13.8 Å². The highest BCUT2D eigenvalue weighted by molar-refractivity contribution is 5.80. The fraction of sp³-hybridized carbons (Fsp3) is 0.857. The Kier molecular flexibility index (Phi) is 4.80. The zero-order valence-corrected chi connectivity index (χ0v) is 7.62. The van der Waals surface area contributed by atoms with E-state index in [-0.39, 0.29) is 13.2 Å². The first-order valence-electron chi connectivity index (χ1n) is 3.75. The lowest BCUT2D eigenvalue weighted by Gasteiger charge is -2.27. The van der Waals surface area contributed by atoms with Crippen LogP contribution in [0.5, 0.6) is 0 Å². The van der Waals surface area contributed by atoms with Crippen molar-refractivity contribution < 1.29 is 19.0 Å². The Hall–Kier alpha value is -0.650. The van der Waals surface area contributed by atoms with Crippen molar-refractivity contribution >= 4 is 5.91 Å². The summed E-state index contributed by atoms with van der Waals surface area (Å²) >= 11 is 0. The normalized spacial score (nSPS) is 11.6. The standard InChI is InChI=1S/C7H15NO4/c1-4-11-7(10-3,6(8)9)12-5-2/h4-5H2,1-3H3,(H2,8,9). The van der Waals surface area contributed by atoms with Crippen LogP contribution in [0.2, 0.25) is 0 Å².